The van der Waals surface area contributed by atoms with E-state index >= 15 is 0 Å². The fourth-order valence-electron chi connectivity index (χ4n) is 3.53. The Morgan fingerprint density at radius 2 is 1.91 bits per heavy atom. The summed E-state index contributed by atoms with van der Waals surface area (Å²) in [5.74, 6) is 0.769. The summed E-state index contributed by atoms with van der Waals surface area (Å²) in [5, 5.41) is 15.6. The number of rotatable bonds is 10. The van der Waals surface area contributed by atoms with Crippen LogP contribution < -0.4 is 15.8 Å². The molecule has 0 radical (unpaired) electrons. The molecular formula is C24H22N6O5. The number of nitro benzene ring substituents is 1. The van der Waals surface area contributed by atoms with Crippen molar-refractivity contribution in [3.8, 4) is 5.75 Å². The Kier molecular flexibility index (Phi) is 7.07. The number of non-ortho nitro benzene ring substituents is 1. The Morgan fingerprint density at radius 3 is 2.66 bits per heavy atom. The molecule has 0 unspecified atom stereocenters. The predicted octanol–water partition coefficient (Wildman–Crippen LogP) is 3.54. The van der Waals surface area contributed by atoms with Crippen LogP contribution in [0.4, 0.5) is 17.3 Å². The van der Waals surface area contributed by atoms with Gasteiger partial charge in [-0.25, -0.2) is 15.0 Å². The number of nitrogens with zero attached hydrogens (tertiary/aromatic N) is 4. The Hall–Kier alpha value is -4.64. The van der Waals surface area contributed by atoms with Crippen LogP contribution in [0.3, 0.4) is 0 Å². The molecule has 0 saturated carbocycles. The SMILES string of the molecule is COCCc1nc(Nc2cc(COc3ccc([N+](=O)[O-])c4ccccc34)ccn2)cnc1C(N)=O. The van der Waals surface area contributed by atoms with E-state index in [1.807, 2.05) is 0 Å². The van der Waals surface area contributed by atoms with E-state index in [4.69, 9.17) is 15.2 Å². The summed E-state index contributed by atoms with van der Waals surface area (Å²) < 4.78 is 11.0. The van der Waals surface area contributed by atoms with E-state index in [0.717, 1.165) is 5.56 Å². The molecule has 0 aliphatic rings. The molecule has 35 heavy (non-hydrogen) atoms. The Bertz CT molecular complexity index is 1390. The Balaban J connectivity index is 1.51. The van der Waals surface area contributed by atoms with Crippen molar-refractivity contribution in [2.45, 2.75) is 13.0 Å². The summed E-state index contributed by atoms with van der Waals surface area (Å²) in [7, 11) is 1.55. The molecule has 2 aromatic heterocycles. The van der Waals surface area contributed by atoms with Crippen molar-refractivity contribution in [3.05, 3.63) is 88.0 Å². The largest absolute Gasteiger partial charge is 0.488 e. The van der Waals surface area contributed by atoms with Crippen LogP contribution in [0.1, 0.15) is 21.7 Å². The highest BCUT2D eigenvalue weighted by Crippen LogP contribution is 2.33. The number of nitrogens with two attached hydrogens (primary N) is 1. The number of nitrogens with one attached hydrogen (secondary N) is 1. The molecule has 3 N–H and O–H groups in total. The molecule has 4 aromatic rings. The molecule has 1 amide bonds. The van der Waals surface area contributed by atoms with Gasteiger partial charge in [0, 0.05) is 31.2 Å². The molecule has 0 atom stereocenters. The lowest BCUT2D eigenvalue weighted by Gasteiger charge is -2.12. The number of methoxy groups -OCH3 is 1. The van der Waals surface area contributed by atoms with Crippen molar-refractivity contribution in [2.75, 3.05) is 19.0 Å². The maximum Gasteiger partial charge on any atom is 0.277 e. The quantitative estimate of drug-likeness (QED) is 0.259. The van der Waals surface area contributed by atoms with Crippen LogP contribution in [0.15, 0.2) is 60.9 Å². The van der Waals surface area contributed by atoms with Gasteiger partial charge in [0.05, 0.1) is 28.8 Å². The maximum absolute atomic E-state index is 11.6. The molecule has 11 heteroatoms. The highest BCUT2D eigenvalue weighted by molar-refractivity contribution is 5.95. The topological polar surface area (TPSA) is 155 Å². The first-order valence-electron chi connectivity index (χ1n) is 10.6. The van der Waals surface area contributed by atoms with E-state index in [1.54, 1.807) is 55.8 Å². The second-order valence-electron chi connectivity index (χ2n) is 7.51. The molecule has 2 heterocycles. The molecular weight excluding hydrogens is 452 g/mol. The highest BCUT2D eigenvalue weighted by atomic mass is 16.6. The lowest BCUT2D eigenvalue weighted by atomic mass is 10.1. The van der Waals surface area contributed by atoms with E-state index in [1.165, 1.54) is 12.3 Å². The molecule has 0 spiro atoms. The van der Waals surface area contributed by atoms with Crippen LogP contribution in [-0.4, -0.2) is 39.5 Å². The molecule has 178 valence electrons. The number of nitro groups is 1. The lowest BCUT2D eigenvalue weighted by molar-refractivity contribution is -0.383. The number of benzene rings is 2. The zero-order valence-electron chi connectivity index (χ0n) is 18.8. The van der Waals surface area contributed by atoms with Crippen molar-refractivity contribution in [1.29, 1.82) is 0 Å². The van der Waals surface area contributed by atoms with Gasteiger partial charge in [-0.3, -0.25) is 14.9 Å². The number of ether oxygens (including phenoxy) is 2. The minimum Gasteiger partial charge on any atom is -0.488 e. The standard InChI is InChI=1S/C24H22N6O5/c1-34-11-9-18-23(24(25)31)27-13-22(28-18)29-21-12-15(8-10-26-21)14-35-20-7-6-19(30(32)33)16-4-2-3-5-17(16)20/h2-8,10,12-13H,9,11,14H2,1H3,(H2,25,31)(H,26,28,29). The number of hydrogen-bond acceptors (Lipinski definition) is 9. The van der Waals surface area contributed by atoms with Crippen LogP contribution in [-0.2, 0) is 17.8 Å². The summed E-state index contributed by atoms with van der Waals surface area (Å²) >= 11 is 0. The number of fused-ring (bicyclic) bond motifs is 1. The van der Waals surface area contributed by atoms with Crippen molar-refractivity contribution in [1.82, 2.24) is 15.0 Å². The number of hydrogen-bond donors (Lipinski definition) is 2. The zero-order chi connectivity index (χ0) is 24.8. The predicted molar refractivity (Wildman–Crippen MR) is 129 cm³/mol. The van der Waals surface area contributed by atoms with Crippen molar-refractivity contribution < 1.29 is 19.2 Å². The first-order valence-corrected chi connectivity index (χ1v) is 10.6. The van der Waals surface area contributed by atoms with Gasteiger partial charge in [-0.15, -0.1) is 0 Å². The molecule has 2 aromatic carbocycles. The smallest absolute Gasteiger partial charge is 0.277 e. The highest BCUT2D eigenvalue weighted by Gasteiger charge is 2.15. The van der Waals surface area contributed by atoms with Gasteiger partial charge in [0.2, 0.25) is 0 Å². The summed E-state index contributed by atoms with van der Waals surface area (Å²) in [5.41, 5.74) is 6.74. The summed E-state index contributed by atoms with van der Waals surface area (Å²) in [6.07, 6.45) is 3.40. The number of aromatic nitrogens is 3. The van der Waals surface area contributed by atoms with Gasteiger partial charge in [0.1, 0.15) is 29.7 Å². The van der Waals surface area contributed by atoms with Gasteiger partial charge >= 0.3 is 0 Å². The average molecular weight is 474 g/mol. The lowest BCUT2D eigenvalue weighted by Crippen LogP contribution is -2.18. The average Bonchev–Trinajstić information content (AvgIpc) is 2.86. The van der Waals surface area contributed by atoms with Gasteiger partial charge in [-0.05, 0) is 29.8 Å². The fourth-order valence-corrected chi connectivity index (χ4v) is 3.53. The van der Waals surface area contributed by atoms with Gasteiger partial charge in [0.25, 0.3) is 11.6 Å². The first kappa shape index (κ1) is 23.5. The van der Waals surface area contributed by atoms with E-state index in [-0.39, 0.29) is 18.0 Å². The second kappa shape index (κ2) is 10.5. The van der Waals surface area contributed by atoms with Gasteiger partial charge in [0.15, 0.2) is 0 Å². The molecule has 0 aliphatic carbocycles. The monoisotopic (exact) mass is 474 g/mol. The van der Waals surface area contributed by atoms with Gasteiger partial charge in [-0.2, -0.15) is 0 Å². The van der Waals surface area contributed by atoms with E-state index in [2.05, 4.69) is 20.3 Å². The molecule has 4 rings (SSSR count). The third-order valence-corrected chi connectivity index (χ3v) is 5.15. The maximum atomic E-state index is 11.6. The number of carbonyl (C=O) groups excluding carboxylic acids is 1. The van der Waals surface area contributed by atoms with Crippen LogP contribution in [0.25, 0.3) is 10.8 Å². The Labute approximate surface area is 200 Å². The summed E-state index contributed by atoms with van der Waals surface area (Å²) in [6.45, 7) is 0.575. The third-order valence-electron chi connectivity index (χ3n) is 5.15. The van der Waals surface area contributed by atoms with Crippen molar-refractivity contribution >= 4 is 34.0 Å². The zero-order valence-corrected chi connectivity index (χ0v) is 18.8. The normalized spacial score (nSPS) is 10.8. The number of carbonyl (C=O) groups is 1. The summed E-state index contributed by atoms with van der Waals surface area (Å²) in [6, 6.07) is 13.6. The van der Waals surface area contributed by atoms with E-state index < -0.39 is 10.8 Å². The van der Waals surface area contributed by atoms with Gasteiger partial charge in [-0.1, -0.05) is 18.2 Å². The number of pyridine rings is 1. The first-order chi connectivity index (χ1) is 17.0. The van der Waals surface area contributed by atoms with Crippen LogP contribution in [0, 0.1) is 10.1 Å². The van der Waals surface area contributed by atoms with Crippen LogP contribution in [0.5, 0.6) is 5.75 Å². The molecule has 0 aliphatic heterocycles. The minimum atomic E-state index is -0.661. The molecule has 11 nitrogen and oxygen atoms in total. The van der Waals surface area contributed by atoms with Gasteiger partial charge < -0.3 is 20.5 Å². The summed E-state index contributed by atoms with van der Waals surface area (Å²) in [4.78, 5) is 35.4. The molecule has 0 saturated heterocycles. The second-order valence-corrected chi connectivity index (χ2v) is 7.51. The van der Waals surface area contributed by atoms with Crippen LogP contribution >= 0.6 is 0 Å². The Morgan fingerprint density at radius 1 is 1.11 bits per heavy atom. The minimum absolute atomic E-state index is 0.0247. The number of primary amides is 1. The van der Waals surface area contributed by atoms with Crippen LogP contribution in [0.2, 0.25) is 0 Å². The third kappa shape index (κ3) is 5.47. The fraction of sp³-hybridized carbons (Fsp3) is 0.167. The van der Waals surface area contributed by atoms with E-state index in [0.29, 0.717) is 46.9 Å². The van der Waals surface area contributed by atoms with Crippen molar-refractivity contribution in [3.63, 3.8) is 0 Å². The molecule has 0 bridgehead atoms. The van der Waals surface area contributed by atoms with Crippen molar-refractivity contribution in [2.24, 2.45) is 5.73 Å². The molecule has 0 fully saturated rings. The van der Waals surface area contributed by atoms with E-state index in [9.17, 15) is 14.9 Å². The number of amides is 1. The number of anilines is 2.